The van der Waals surface area contributed by atoms with Crippen LogP contribution in [0.5, 0.6) is 11.5 Å². The molecule has 1 N–H and O–H groups in total. The summed E-state index contributed by atoms with van der Waals surface area (Å²) in [6.07, 6.45) is 3.48. The number of hydrogen-bond donors (Lipinski definition) is 1. The SMILES string of the molecule is COc1cc2c(cc1OC)CN(C(=O)c1ccc(NCCCN(C)C)nc1)CC2. The van der Waals surface area contributed by atoms with Gasteiger partial charge in [-0.15, -0.1) is 0 Å². The molecule has 0 bridgehead atoms. The summed E-state index contributed by atoms with van der Waals surface area (Å²) in [5.74, 6) is 2.20. The third-order valence-corrected chi connectivity index (χ3v) is 5.10. The highest BCUT2D eigenvalue weighted by Crippen LogP contribution is 2.33. The molecule has 1 aromatic heterocycles. The Balaban J connectivity index is 1.62. The monoisotopic (exact) mass is 398 g/mol. The van der Waals surface area contributed by atoms with Crippen LogP contribution in [0.4, 0.5) is 5.82 Å². The van der Waals surface area contributed by atoms with E-state index in [1.165, 1.54) is 5.56 Å². The molecule has 1 amide bonds. The van der Waals surface area contributed by atoms with Crippen LogP contribution < -0.4 is 14.8 Å². The third-order valence-electron chi connectivity index (χ3n) is 5.10. The Labute approximate surface area is 172 Å². The van der Waals surface area contributed by atoms with Gasteiger partial charge in [0.2, 0.25) is 0 Å². The molecule has 0 saturated heterocycles. The van der Waals surface area contributed by atoms with E-state index >= 15 is 0 Å². The summed E-state index contributed by atoms with van der Waals surface area (Å²) in [6.45, 7) is 3.11. The number of benzene rings is 1. The van der Waals surface area contributed by atoms with Gasteiger partial charge in [0.05, 0.1) is 19.8 Å². The van der Waals surface area contributed by atoms with Crippen LogP contribution in [0.1, 0.15) is 27.9 Å². The summed E-state index contributed by atoms with van der Waals surface area (Å²) < 4.78 is 10.8. The highest BCUT2D eigenvalue weighted by molar-refractivity contribution is 5.94. The number of anilines is 1. The molecule has 0 aliphatic carbocycles. The largest absolute Gasteiger partial charge is 0.493 e. The van der Waals surface area contributed by atoms with Crippen molar-refractivity contribution in [3.05, 3.63) is 47.2 Å². The Morgan fingerprint density at radius 3 is 2.52 bits per heavy atom. The topological polar surface area (TPSA) is 66.9 Å². The number of rotatable bonds is 8. The fourth-order valence-electron chi connectivity index (χ4n) is 3.48. The minimum Gasteiger partial charge on any atom is -0.493 e. The van der Waals surface area contributed by atoms with Crippen LogP contribution >= 0.6 is 0 Å². The molecule has 0 fully saturated rings. The summed E-state index contributed by atoms with van der Waals surface area (Å²) in [5, 5.41) is 3.29. The Bertz CT molecular complexity index is 837. The van der Waals surface area contributed by atoms with E-state index in [1.807, 2.05) is 29.2 Å². The van der Waals surface area contributed by atoms with Crippen LogP contribution in [0, 0.1) is 0 Å². The highest BCUT2D eigenvalue weighted by Gasteiger charge is 2.24. The lowest BCUT2D eigenvalue weighted by Gasteiger charge is -2.29. The van der Waals surface area contributed by atoms with Gasteiger partial charge in [-0.05, 0) is 68.9 Å². The van der Waals surface area contributed by atoms with E-state index in [4.69, 9.17) is 9.47 Å². The second kappa shape index (κ2) is 9.60. The highest BCUT2D eigenvalue weighted by atomic mass is 16.5. The lowest BCUT2D eigenvalue weighted by Crippen LogP contribution is -2.36. The van der Waals surface area contributed by atoms with Crippen LogP contribution in [0.3, 0.4) is 0 Å². The van der Waals surface area contributed by atoms with Crippen LogP contribution in [-0.2, 0) is 13.0 Å². The zero-order chi connectivity index (χ0) is 20.8. The van der Waals surface area contributed by atoms with Crippen LogP contribution in [0.2, 0.25) is 0 Å². The van der Waals surface area contributed by atoms with E-state index in [0.717, 1.165) is 43.1 Å². The number of pyridine rings is 1. The molecular weight excluding hydrogens is 368 g/mol. The first-order valence-electron chi connectivity index (χ1n) is 9.89. The van der Waals surface area contributed by atoms with Crippen molar-refractivity contribution in [2.45, 2.75) is 19.4 Å². The normalized spacial score (nSPS) is 13.2. The summed E-state index contributed by atoms with van der Waals surface area (Å²) in [6, 6.07) is 7.68. The van der Waals surface area contributed by atoms with Crippen LogP contribution in [-0.4, -0.2) is 68.6 Å². The molecule has 0 saturated carbocycles. The van der Waals surface area contributed by atoms with Crippen molar-refractivity contribution in [2.75, 3.05) is 53.3 Å². The first kappa shape index (κ1) is 20.9. The molecular formula is C22H30N4O3. The Kier molecular flexibility index (Phi) is 6.93. The molecule has 0 atom stereocenters. The van der Waals surface area contributed by atoms with E-state index in [0.29, 0.717) is 24.4 Å². The number of methoxy groups -OCH3 is 2. The minimum absolute atomic E-state index is 0.00269. The second-order valence-electron chi connectivity index (χ2n) is 7.47. The summed E-state index contributed by atoms with van der Waals surface area (Å²) in [4.78, 5) is 21.3. The molecule has 0 spiro atoms. The first-order chi connectivity index (χ1) is 14.0. The first-order valence-corrected chi connectivity index (χ1v) is 9.89. The predicted octanol–water partition coefficient (Wildman–Crippen LogP) is 2.66. The molecule has 7 heteroatoms. The van der Waals surface area contributed by atoms with Crippen molar-refractivity contribution < 1.29 is 14.3 Å². The number of nitrogens with zero attached hydrogens (tertiary/aromatic N) is 3. The zero-order valence-corrected chi connectivity index (χ0v) is 17.7. The molecule has 0 radical (unpaired) electrons. The molecule has 156 valence electrons. The van der Waals surface area contributed by atoms with E-state index in [1.54, 1.807) is 20.4 Å². The van der Waals surface area contributed by atoms with Gasteiger partial charge in [0, 0.05) is 25.8 Å². The standard InChI is InChI=1S/C22H30N4O3/c1-25(2)10-5-9-23-21-7-6-17(14-24-21)22(27)26-11-8-16-12-19(28-3)20(29-4)13-18(16)15-26/h6-7,12-14H,5,8-11,15H2,1-4H3,(H,23,24). The Hall–Kier alpha value is -2.80. The number of hydrogen-bond acceptors (Lipinski definition) is 6. The summed E-state index contributed by atoms with van der Waals surface area (Å²) >= 11 is 0. The van der Waals surface area contributed by atoms with Gasteiger partial charge in [0.25, 0.3) is 5.91 Å². The van der Waals surface area contributed by atoms with E-state index in [9.17, 15) is 4.79 Å². The zero-order valence-electron chi connectivity index (χ0n) is 17.7. The van der Waals surface area contributed by atoms with Gasteiger partial charge >= 0.3 is 0 Å². The number of fused-ring (bicyclic) bond motifs is 1. The van der Waals surface area contributed by atoms with Crippen molar-refractivity contribution >= 4 is 11.7 Å². The number of carbonyl (C=O) groups excluding carboxylic acids is 1. The van der Waals surface area contributed by atoms with E-state index < -0.39 is 0 Å². The number of amides is 1. The average molecular weight is 399 g/mol. The van der Waals surface area contributed by atoms with Gasteiger partial charge in [-0.2, -0.15) is 0 Å². The van der Waals surface area contributed by atoms with Crippen molar-refractivity contribution in [1.82, 2.24) is 14.8 Å². The van der Waals surface area contributed by atoms with Gasteiger partial charge in [0.15, 0.2) is 11.5 Å². The molecule has 0 unspecified atom stereocenters. The Morgan fingerprint density at radius 1 is 1.17 bits per heavy atom. The Morgan fingerprint density at radius 2 is 1.90 bits per heavy atom. The number of nitrogens with one attached hydrogen (secondary N) is 1. The van der Waals surface area contributed by atoms with Crippen molar-refractivity contribution in [3.63, 3.8) is 0 Å². The van der Waals surface area contributed by atoms with Gasteiger partial charge in [0.1, 0.15) is 5.82 Å². The molecule has 2 aromatic rings. The van der Waals surface area contributed by atoms with Crippen molar-refractivity contribution in [3.8, 4) is 11.5 Å². The molecule has 2 heterocycles. The lowest BCUT2D eigenvalue weighted by atomic mass is 9.98. The second-order valence-corrected chi connectivity index (χ2v) is 7.47. The number of carbonyl (C=O) groups is 1. The van der Waals surface area contributed by atoms with E-state index in [2.05, 4.69) is 29.3 Å². The van der Waals surface area contributed by atoms with Crippen molar-refractivity contribution in [2.24, 2.45) is 0 Å². The fraction of sp³-hybridized carbons (Fsp3) is 0.455. The van der Waals surface area contributed by atoms with E-state index in [-0.39, 0.29) is 5.91 Å². The fourth-order valence-corrected chi connectivity index (χ4v) is 3.48. The molecule has 1 aliphatic heterocycles. The molecule has 29 heavy (non-hydrogen) atoms. The maximum Gasteiger partial charge on any atom is 0.255 e. The van der Waals surface area contributed by atoms with Gasteiger partial charge in [-0.25, -0.2) is 4.98 Å². The van der Waals surface area contributed by atoms with Crippen LogP contribution in [0.25, 0.3) is 0 Å². The quantitative estimate of drug-likeness (QED) is 0.690. The molecule has 7 nitrogen and oxygen atoms in total. The molecule has 1 aliphatic rings. The summed E-state index contributed by atoms with van der Waals surface area (Å²) in [5.41, 5.74) is 2.89. The minimum atomic E-state index is -0.00269. The summed E-state index contributed by atoms with van der Waals surface area (Å²) in [7, 11) is 7.38. The van der Waals surface area contributed by atoms with Gasteiger partial charge in [-0.3, -0.25) is 4.79 Å². The molecule has 1 aromatic carbocycles. The number of aromatic nitrogens is 1. The maximum atomic E-state index is 12.9. The van der Waals surface area contributed by atoms with Gasteiger partial charge in [-0.1, -0.05) is 0 Å². The average Bonchev–Trinajstić information content (AvgIpc) is 2.75. The predicted molar refractivity (Wildman–Crippen MR) is 114 cm³/mol. The van der Waals surface area contributed by atoms with Crippen molar-refractivity contribution in [1.29, 1.82) is 0 Å². The maximum absolute atomic E-state index is 12.9. The smallest absolute Gasteiger partial charge is 0.255 e. The van der Waals surface area contributed by atoms with Crippen LogP contribution in [0.15, 0.2) is 30.5 Å². The lowest BCUT2D eigenvalue weighted by molar-refractivity contribution is 0.0734. The third kappa shape index (κ3) is 5.17. The van der Waals surface area contributed by atoms with Gasteiger partial charge < -0.3 is 24.6 Å². The molecule has 3 rings (SSSR count). The number of ether oxygens (including phenoxy) is 2.